The Labute approximate surface area is 114 Å². The average molecular weight is 309 g/mol. The fraction of sp³-hybridized carbons (Fsp3) is 0.500. The molecule has 20 heavy (non-hydrogen) atoms. The van der Waals surface area contributed by atoms with Gasteiger partial charge in [-0.2, -0.15) is 4.31 Å². The van der Waals surface area contributed by atoms with Crippen molar-refractivity contribution < 1.29 is 26.7 Å². The van der Waals surface area contributed by atoms with Crippen LogP contribution in [0.3, 0.4) is 0 Å². The highest BCUT2D eigenvalue weighted by Gasteiger charge is 2.37. The second kappa shape index (κ2) is 5.01. The van der Waals surface area contributed by atoms with Crippen LogP contribution >= 0.6 is 0 Å². The van der Waals surface area contributed by atoms with Crippen LogP contribution in [0.25, 0.3) is 0 Å². The monoisotopic (exact) mass is 309 g/mol. The molecule has 0 aliphatic carbocycles. The van der Waals surface area contributed by atoms with Gasteiger partial charge in [-0.05, 0) is 31.9 Å². The van der Waals surface area contributed by atoms with Crippen LogP contribution in [0.5, 0.6) is 0 Å². The highest BCUT2D eigenvalue weighted by Crippen LogP contribution is 2.28. The summed E-state index contributed by atoms with van der Waals surface area (Å²) >= 11 is 0. The van der Waals surface area contributed by atoms with Crippen molar-refractivity contribution in [2.75, 3.05) is 13.1 Å². The van der Waals surface area contributed by atoms with Gasteiger partial charge in [0.05, 0.1) is 5.60 Å². The average Bonchev–Trinajstić information content (AvgIpc) is 2.34. The van der Waals surface area contributed by atoms with E-state index in [1.54, 1.807) is 0 Å². The molecule has 112 valence electrons. The lowest BCUT2D eigenvalue weighted by molar-refractivity contribution is 0.00933. The normalized spacial score (nSPS) is 24.9. The molecule has 1 fully saturated rings. The first-order valence-electron chi connectivity index (χ1n) is 6.01. The van der Waals surface area contributed by atoms with E-state index in [9.17, 15) is 26.7 Å². The minimum atomic E-state index is -4.31. The molecule has 1 aromatic carbocycles. The Kier molecular flexibility index (Phi) is 3.83. The molecule has 0 amide bonds. The van der Waals surface area contributed by atoms with Gasteiger partial charge >= 0.3 is 0 Å². The maximum absolute atomic E-state index is 13.6. The summed E-state index contributed by atoms with van der Waals surface area (Å²) in [5.41, 5.74) is -1.22. The topological polar surface area (TPSA) is 57.6 Å². The van der Waals surface area contributed by atoms with Gasteiger partial charge in [0.2, 0.25) is 10.0 Å². The molecular formula is C12H14F3NO3S. The number of nitrogens with zero attached hydrogens (tertiary/aromatic N) is 1. The first-order chi connectivity index (χ1) is 9.15. The smallest absolute Gasteiger partial charge is 0.246 e. The standard InChI is InChI=1S/C12H14F3NO3S/c1-12(17)5-2-6-16(7-12)20(18,19)9-4-3-8(13)10(14)11(9)15/h3-4,17H,2,5-7H2,1H3. The molecule has 1 unspecified atom stereocenters. The summed E-state index contributed by atoms with van der Waals surface area (Å²) in [5, 5.41) is 9.89. The second-order valence-electron chi connectivity index (χ2n) is 5.11. The van der Waals surface area contributed by atoms with Crippen molar-refractivity contribution in [3.63, 3.8) is 0 Å². The predicted molar refractivity (Wildman–Crippen MR) is 64.9 cm³/mol. The zero-order chi connectivity index (χ0) is 15.1. The van der Waals surface area contributed by atoms with E-state index in [0.29, 0.717) is 25.0 Å². The lowest BCUT2D eigenvalue weighted by Gasteiger charge is -2.35. The Morgan fingerprint density at radius 2 is 1.90 bits per heavy atom. The van der Waals surface area contributed by atoms with Gasteiger partial charge in [0, 0.05) is 13.1 Å². The Morgan fingerprint density at radius 1 is 1.25 bits per heavy atom. The molecule has 1 aliphatic rings. The molecule has 1 aliphatic heterocycles. The molecule has 0 saturated carbocycles. The molecular weight excluding hydrogens is 295 g/mol. The van der Waals surface area contributed by atoms with Gasteiger partial charge < -0.3 is 5.11 Å². The van der Waals surface area contributed by atoms with Crippen molar-refractivity contribution in [1.29, 1.82) is 0 Å². The highest BCUT2D eigenvalue weighted by molar-refractivity contribution is 7.89. The van der Waals surface area contributed by atoms with Crippen LogP contribution in [0.15, 0.2) is 17.0 Å². The molecule has 8 heteroatoms. The zero-order valence-electron chi connectivity index (χ0n) is 10.7. The Morgan fingerprint density at radius 3 is 2.50 bits per heavy atom. The maximum atomic E-state index is 13.6. The molecule has 1 atom stereocenters. The summed E-state index contributed by atoms with van der Waals surface area (Å²) in [6.45, 7) is 1.35. The number of hydrogen-bond acceptors (Lipinski definition) is 3. The molecule has 4 nitrogen and oxygen atoms in total. The van der Waals surface area contributed by atoms with E-state index in [4.69, 9.17) is 0 Å². The minimum Gasteiger partial charge on any atom is -0.389 e. The molecule has 0 aromatic heterocycles. The van der Waals surface area contributed by atoms with Gasteiger partial charge in [-0.25, -0.2) is 21.6 Å². The van der Waals surface area contributed by atoms with Crippen LogP contribution < -0.4 is 0 Å². The summed E-state index contributed by atoms with van der Waals surface area (Å²) in [4.78, 5) is -0.922. The van der Waals surface area contributed by atoms with E-state index >= 15 is 0 Å². The third-order valence-corrected chi connectivity index (χ3v) is 5.12. The van der Waals surface area contributed by atoms with Gasteiger partial charge in [0.15, 0.2) is 17.5 Å². The van der Waals surface area contributed by atoms with Crippen LogP contribution in [0.4, 0.5) is 13.2 Å². The summed E-state index contributed by atoms with van der Waals surface area (Å²) < 4.78 is 65.0. The zero-order valence-corrected chi connectivity index (χ0v) is 11.6. The summed E-state index contributed by atoms with van der Waals surface area (Å²) in [5.74, 6) is -5.02. The molecule has 1 N–H and O–H groups in total. The number of halogens is 3. The Bertz CT molecular complexity index is 631. The van der Waals surface area contributed by atoms with Crippen LogP contribution in [0.1, 0.15) is 19.8 Å². The van der Waals surface area contributed by atoms with Gasteiger partial charge in [-0.3, -0.25) is 0 Å². The lowest BCUT2D eigenvalue weighted by Crippen LogP contribution is -2.48. The van der Waals surface area contributed by atoms with Gasteiger partial charge in [-0.15, -0.1) is 0 Å². The molecule has 0 bridgehead atoms. The van der Waals surface area contributed by atoms with E-state index in [1.807, 2.05) is 0 Å². The van der Waals surface area contributed by atoms with Gasteiger partial charge in [0.25, 0.3) is 0 Å². The summed E-state index contributed by atoms with van der Waals surface area (Å²) in [6.07, 6.45) is 0.816. The first kappa shape index (κ1) is 15.3. The van der Waals surface area contributed by atoms with Crippen molar-refractivity contribution in [3.8, 4) is 0 Å². The molecule has 1 aromatic rings. The number of β-amino-alcohol motifs (C(OH)–C–C–N with tert-alkyl or cyclic N) is 1. The SMILES string of the molecule is CC1(O)CCCN(S(=O)(=O)c2ccc(F)c(F)c2F)C1. The maximum Gasteiger partial charge on any atom is 0.246 e. The second-order valence-corrected chi connectivity index (χ2v) is 7.02. The molecule has 0 radical (unpaired) electrons. The number of rotatable bonds is 2. The number of hydrogen-bond donors (Lipinski definition) is 1. The highest BCUT2D eigenvalue weighted by atomic mass is 32.2. The first-order valence-corrected chi connectivity index (χ1v) is 7.45. The lowest BCUT2D eigenvalue weighted by atomic mass is 9.97. The number of piperidine rings is 1. The van der Waals surface area contributed by atoms with E-state index in [0.717, 1.165) is 4.31 Å². The van der Waals surface area contributed by atoms with Crippen LogP contribution in [-0.4, -0.2) is 36.5 Å². The van der Waals surface area contributed by atoms with Crippen LogP contribution in [-0.2, 0) is 10.0 Å². The number of benzene rings is 1. The fourth-order valence-corrected chi connectivity index (χ4v) is 3.88. The summed E-state index contributed by atoms with van der Waals surface area (Å²) in [6, 6.07) is 1.25. The van der Waals surface area contributed by atoms with E-state index < -0.39 is 38.0 Å². The van der Waals surface area contributed by atoms with Gasteiger partial charge in [0.1, 0.15) is 4.90 Å². The Balaban J connectivity index is 2.43. The molecule has 0 spiro atoms. The fourth-order valence-electron chi connectivity index (χ4n) is 2.23. The van der Waals surface area contributed by atoms with E-state index in [-0.39, 0.29) is 13.1 Å². The number of sulfonamides is 1. The number of aliphatic hydroxyl groups is 1. The van der Waals surface area contributed by atoms with Crippen molar-refractivity contribution in [2.24, 2.45) is 0 Å². The summed E-state index contributed by atoms with van der Waals surface area (Å²) in [7, 11) is -4.31. The predicted octanol–water partition coefficient (Wildman–Crippen LogP) is 1.64. The third kappa shape index (κ3) is 2.68. The van der Waals surface area contributed by atoms with Crippen molar-refractivity contribution in [3.05, 3.63) is 29.6 Å². The largest absolute Gasteiger partial charge is 0.389 e. The van der Waals surface area contributed by atoms with Crippen LogP contribution in [0, 0.1) is 17.5 Å². The van der Waals surface area contributed by atoms with Crippen LogP contribution in [0.2, 0.25) is 0 Å². The van der Waals surface area contributed by atoms with E-state index in [1.165, 1.54) is 6.92 Å². The quantitative estimate of drug-likeness (QED) is 0.845. The molecule has 1 heterocycles. The molecule has 1 saturated heterocycles. The van der Waals surface area contributed by atoms with Gasteiger partial charge in [-0.1, -0.05) is 0 Å². The third-order valence-electron chi connectivity index (χ3n) is 3.26. The molecule has 2 rings (SSSR count). The van der Waals surface area contributed by atoms with Crippen molar-refractivity contribution in [1.82, 2.24) is 4.31 Å². The minimum absolute atomic E-state index is 0.0942. The Hall–Kier alpha value is -1.12. The van der Waals surface area contributed by atoms with Crippen molar-refractivity contribution >= 4 is 10.0 Å². The van der Waals surface area contributed by atoms with E-state index in [2.05, 4.69) is 0 Å². The van der Waals surface area contributed by atoms with Crippen molar-refractivity contribution in [2.45, 2.75) is 30.3 Å².